The zero-order valence-corrected chi connectivity index (χ0v) is 15.1. The minimum Gasteiger partial charge on any atom is -0.508 e. The van der Waals surface area contributed by atoms with Crippen LogP contribution in [-0.4, -0.2) is 40.2 Å². The first-order valence-corrected chi connectivity index (χ1v) is 8.69. The van der Waals surface area contributed by atoms with E-state index in [0.29, 0.717) is 11.3 Å². The molecule has 0 spiro atoms. The normalized spacial score (nSPS) is 19.2. The first-order chi connectivity index (χ1) is 13.3. The first kappa shape index (κ1) is 19.4. The van der Waals surface area contributed by atoms with Crippen LogP contribution in [0.1, 0.15) is 24.1 Å². The molecule has 1 amide bonds. The van der Waals surface area contributed by atoms with Crippen molar-refractivity contribution >= 4 is 23.5 Å². The van der Waals surface area contributed by atoms with Gasteiger partial charge in [-0.05, 0) is 30.2 Å². The molecule has 1 heterocycles. The SMILES string of the molecule is CC(=O)OC1C(=O)Nc2ccc(O)cc2C1NC(Cc1ccccc1)C(=O)O. The number of hydrogen-bond donors (Lipinski definition) is 4. The lowest BCUT2D eigenvalue weighted by molar-refractivity contribution is -0.155. The van der Waals surface area contributed by atoms with E-state index < -0.39 is 36.0 Å². The van der Waals surface area contributed by atoms with E-state index in [9.17, 15) is 24.6 Å². The average molecular weight is 384 g/mol. The lowest BCUT2D eigenvalue weighted by atomic mass is 9.92. The molecule has 4 N–H and O–H groups in total. The largest absolute Gasteiger partial charge is 0.508 e. The van der Waals surface area contributed by atoms with Gasteiger partial charge in [0.25, 0.3) is 5.91 Å². The second-order valence-corrected chi connectivity index (χ2v) is 6.52. The molecule has 0 radical (unpaired) electrons. The molecule has 8 nitrogen and oxygen atoms in total. The molecule has 2 aromatic rings. The molecule has 0 saturated carbocycles. The van der Waals surface area contributed by atoms with Gasteiger partial charge in [0, 0.05) is 18.2 Å². The highest BCUT2D eigenvalue weighted by Crippen LogP contribution is 2.35. The van der Waals surface area contributed by atoms with Crippen molar-refractivity contribution in [3.05, 3.63) is 59.7 Å². The fourth-order valence-corrected chi connectivity index (χ4v) is 3.20. The Kier molecular flexibility index (Phi) is 5.60. The van der Waals surface area contributed by atoms with E-state index in [4.69, 9.17) is 4.74 Å². The zero-order chi connectivity index (χ0) is 20.3. The molecule has 3 unspecified atom stereocenters. The van der Waals surface area contributed by atoms with E-state index in [1.165, 1.54) is 25.1 Å². The highest BCUT2D eigenvalue weighted by Gasteiger charge is 2.40. The number of amides is 1. The number of carboxylic acid groups (broad SMARTS) is 1. The van der Waals surface area contributed by atoms with E-state index in [1.54, 1.807) is 24.3 Å². The average Bonchev–Trinajstić information content (AvgIpc) is 2.64. The molecule has 0 bridgehead atoms. The number of phenols is 1. The van der Waals surface area contributed by atoms with E-state index in [1.807, 2.05) is 6.07 Å². The Morgan fingerprint density at radius 1 is 1.21 bits per heavy atom. The van der Waals surface area contributed by atoms with E-state index in [-0.39, 0.29) is 12.2 Å². The van der Waals surface area contributed by atoms with Crippen LogP contribution in [0.5, 0.6) is 5.75 Å². The molecule has 28 heavy (non-hydrogen) atoms. The second kappa shape index (κ2) is 8.10. The molecule has 0 fully saturated rings. The number of hydrogen-bond acceptors (Lipinski definition) is 6. The highest BCUT2D eigenvalue weighted by atomic mass is 16.5. The summed E-state index contributed by atoms with van der Waals surface area (Å²) in [5, 5.41) is 25.1. The number of carboxylic acids is 1. The van der Waals surface area contributed by atoms with Gasteiger partial charge in [0.15, 0.2) is 6.10 Å². The monoisotopic (exact) mass is 384 g/mol. The lowest BCUT2D eigenvalue weighted by Crippen LogP contribution is -2.51. The Balaban J connectivity index is 1.96. The predicted molar refractivity (Wildman–Crippen MR) is 99.7 cm³/mol. The Morgan fingerprint density at radius 2 is 1.93 bits per heavy atom. The number of carbonyl (C=O) groups excluding carboxylic acids is 2. The van der Waals surface area contributed by atoms with Crippen molar-refractivity contribution in [3.8, 4) is 5.75 Å². The number of esters is 1. The number of phenolic OH excluding ortho intramolecular Hbond substituents is 1. The molecular formula is C20H20N2O6. The van der Waals surface area contributed by atoms with E-state index in [0.717, 1.165) is 5.56 Å². The summed E-state index contributed by atoms with van der Waals surface area (Å²) in [6.45, 7) is 1.17. The molecule has 0 aromatic heterocycles. The third-order valence-electron chi connectivity index (χ3n) is 4.44. The molecular weight excluding hydrogens is 364 g/mol. The summed E-state index contributed by atoms with van der Waals surface area (Å²) in [7, 11) is 0. The fraction of sp³-hybridized carbons (Fsp3) is 0.250. The van der Waals surface area contributed by atoms with Gasteiger partial charge in [0.05, 0.1) is 6.04 Å². The summed E-state index contributed by atoms with van der Waals surface area (Å²) in [6.07, 6.45) is -1.11. The third-order valence-corrected chi connectivity index (χ3v) is 4.44. The summed E-state index contributed by atoms with van der Waals surface area (Å²) in [6, 6.07) is 11.4. The Hall–Kier alpha value is -3.39. The number of benzene rings is 2. The van der Waals surface area contributed by atoms with Gasteiger partial charge in [-0.25, -0.2) is 0 Å². The van der Waals surface area contributed by atoms with E-state index >= 15 is 0 Å². The maximum atomic E-state index is 12.5. The van der Waals surface area contributed by atoms with Gasteiger partial charge in [0.2, 0.25) is 0 Å². The van der Waals surface area contributed by atoms with Crippen LogP contribution in [-0.2, 0) is 25.5 Å². The number of ether oxygens (including phenoxy) is 1. The summed E-state index contributed by atoms with van der Waals surface area (Å²) in [5.74, 6) is -2.42. The Labute approximate surface area is 161 Å². The standard InChI is InChI=1S/C20H20N2O6/c1-11(23)28-18-17(14-10-13(24)7-8-15(14)22-19(18)25)21-16(20(26)27)9-12-5-3-2-4-6-12/h2-8,10,16-18,21,24H,9H2,1H3,(H,22,25)(H,26,27). The van der Waals surface area contributed by atoms with Crippen LogP contribution < -0.4 is 10.6 Å². The third kappa shape index (κ3) is 4.29. The Bertz CT molecular complexity index is 899. The fourth-order valence-electron chi connectivity index (χ4n) is 3.20. The van der Waals surface area contributed by atoms with Gasteiger partial charge in [-0.15, -0.1) is 0 Å². The van der Waals surface area contributed by atoms with Crippen LogP contribution in [0.4, 0.5) is 5.69 Å². The van der Waals surface area contributed by atoms with Crippen molar-refractivity contribution in [2.75, 3.05) is 5.32 Å². The van der Waals surface area contributed by atoms with Crippen molar-refractivity contribution in [3.63, 3.8) is 0 Å². The highest BCUT2D eigenvalue weighted by molar-refractivity contribution is 5.99. The first-order valence-electron chi connectivity index (χ1n) is 8.69. The molecule has 3 atom stereocenters. The number of aromatic hydroxyl groups is 1. The summed E-state index contributed by atoms with van der Waals surface area (Å²) < 4.78 is 5.16. The minimum absolute atomic E-state index is 0.0572. The van der Waals surface area contributed by atoms with Crippen molar-refractivity contribution in [1.82, 2.24) is 5.32 Å². The van der Waals surface area contributed by atoms with Crippen LogP contribution in [0, 0.1) is 0 Å². The minimum atomic E-state index is -1.27. The van der Waals surface area contributed by atoms with Gasteiger partial charge in [-0.3, -0.25) is 19.7 Å². The van der Waals surface area contributed by atoms with Crippen molar-refractivity contribution in [2.24, 2.45) is 0 Å². The van der Waals surface area contributed by atoms with Crippen molar-refractivity contribution in [2.45, 2.75) is 31.5 Å². The van der Waals surface area contributed by atoms with Gasteiger partial charge < -0.3 is 20.3 Å². The number of aliphatic carboxylic acids is 1. The number of rotatable bonds is 6. The van der Waals surface area contributed by atoms with E-state index in [2.05, 4.69) is 10.6 Å². The zero-order valence-electron chi connectivity index (χ0n) is 15.1. The topological polar surface area (TPSA) is 125 Å². The van der Waals surface area contributed by atoms with Gasteiger partial charge in [-0.1, -0.05) is 30.3 Å². The number of anilines is 1. The van der Waals surface area contributed by atoms with Gasteiger partial charge in [-0.2, -0.15) is 0 Å². The summed E-state index contributed by atoms with van der Waals surface area (Å²) in [5.41, 5.74) is 1.64. The maximum Gasteiger partial charge on any atom is 0.321 e. The molecule has 1 aliphatic heterocycles. The summed E-state index contributed by atoms with van der Waals surface area (Å²) in [4.78, 5) is 35.8. The van der Waals surface area contributed by atoms with Crippen LogP contribution in [0.3, 0.4) is 0 Å². The molecule has 1 aliphatic rings. The Morgan fingerprint density at radius 3 is 2.57 bits per heavy atom. The van der Waals surface area contributed by atoms with Crippen LogP contribution in [0.2, 0.25) is 0 Å². The van der Waals surface area contributed by atoms with Crippen molar-refractivity contribution < 1.29 is 29.3 Å². The van der Waals surface area contributed by atoms with Gasteiger partial charge in [0.1, 0.15) is 11.8 Å². The number of nitrogens with one attached hydrogen (secondary N) is 2. The molecule has 8 heteroatoms. The maximum absolute atomic E-state index is 12.5. The smallest absolute Gasteiger partial charge is 0.321 e. The van der Waals surface area contributed by atoms with Crippen LogP contribution in [0.25, 0.3) is 0 Å². The van der Waals surface area contributed by atoms with Gasteiger partial charge >= 0.3 is 11.9 Å². The molecule has 3 rings (SSSR count). The summed E-state index contributed by atoms with van der Waals surface area (Å²) >= 11 is 0. The number of carbonyl (C=O) groups is 3. The molecule has 2 aromatic carbocycles. The second-order valence-electron chi connectivity index (χ2n) is 6.52. The molecule has 0 saturated heterocycles. The van der Waals surface area contributed by atoms with Crippen LogP contribution >= 0.6 is 0 Å². The number of fused-ring (bicyclic) bond motifs is 1. The molecule has 0 aliphatic carbocycles. The van der Waals surface area contributed by atoms with Crippen molar-refractivity contribution in [1.29, 1.82) is 0 Å². The van der Waals surface area contributed by atoms with Crippen LogP contribution in [0.15, 0.2) is 48.5 Å². The lowest BCUT2D eigenvalue weighted by Gasteiger charge is -2.34. The predicted octanol–water partition coefficient (Wildman–Crippen LogP) is 1.60. The quantitative estimate of drug-likeness (QED) is 0.440. The molecule has 146 valence electrons.